The van der Waals surface area contributed by atoms with E-state index in [0.29, 0.717) is 52.8 Å². The summed E-state index contributed by atoms with van der Waals surface area (Å²) in [5.74, 6) is 4.71. The Balaban J connectivity index is 1.04. The Kier molecular flexibility index (Phi) is 9.98. The van der Waals surface area contributed by atoms with Crippen molar-refractivity contribution in [1.29, 1.82) is 0 Å². The molecule has 0 spiro atoms. The van der Waals surface area contributed by atoms with Crippen LogP contribution in [0.15, 0.2) is 237 Å². The fraction of sp³-hybridized carbons (Fsp3) is 0. The first-order valence-electron chi connectivity index (χ1n) is 25.1. The van der Waals surface area contributed by atoms with E-state index < -0.39 is 0 Å². The summed E-state index contributed by atoms with van der Waals surface area (Å²) in [5, 5.41) is 0. The van der Waals surface area contributed by atoms with Crippen molar-refractivity contribution in [3.05, 3.63) is 237 Å². The molecule has 0 radical (unpaired) electrons. The zero-order valence-corrected chi connectivity index (χ0v) is 40.5. The minimum Gasteiger partial charge on any atom is -0.280 e. The van der Waals surface area contributed by atoms with Gasteiger partial charge in [-0.3, -0.25) is 14.7 Å². The highest BCUT2D eigenvalue weighted by Gasteiger charge is 2.50. The maximum absolute atomic E-state index is 5.38. The van der Waals surface area contributed by atoms with E-state index in [4.69, 9.17) is 44.9 Å². The molecule has 3 aliphatic heterocycles. The normalized spacial score (nSPS) is 12.6. The Labute approximate surface area is 437 Å². The van der Waals surface area contributed by atoms with Gasteiger partial charge in [-0.05, 0) is 52.8 Å². The molecule has 0 unspecified atom stereocenters. The Morgan fingerprint density at radius 1 is 0.197 bits per heavy atom. The number of hydrogen-bond acceptors (Lipinski definition) is 12. The van der Waals surface area contributed by atoms with Crippen LogP contribution in [0.3, 0.4) is 0 Å². The quantitative estimate of drug-likeness (QED) is 0.128. The van der Waals surface area contributed by atoms with Crippen molar-refractivity contribution in [1.82, 2.24) is 44.9 Å². The molecule has 0 saturated heterocycles. The van der Waals surface area contributed by atoms with E-state index in [1.807, 2.05) is 182 Å². The summed E-state index contributed by atoms with van der Waals surface area (Å²) in [4.78, 5) is 54.3. The first-order valence-corrected chi connectivity index (χ1v) is 25.1. The Morgan fingerprint density at radius 2 is 0.382 bits per heavy atom. The number of anilines is 9. The van der Waals surface area contributed by atoms with Crippen LogP contribution in [0.4, 0.5) is 52.0 Å². The number of nitrogens with zero attached hydrogens (tertiary/aromatic N) is 12. The van der Waals surface area contributed by atoms with E-state index in [1.54, 1.807) is 0 Å². The van der Waals surface area contributed by atoms with Gasteiger partial charge in [0.05, 0.1) is 0 Å². The van der Waals surface area contributed by atoms with Crippen molar-refractivity contribution in [2.24, 2.45) is 0 Å². The van der Waals surface area contributed by atoms with Crippen molar-refractivity contribution < 1.29 is 0 Å². The molecule has 13 heteroatoms. The van der Waals surface area contributed by atoms with E-state index >= 15 is 0 Å². The number of rotatable bonds is 9. The molecule has 9 aromatic carbocycles. The zero-order valence-electron chi connectivity index (χ0n) is 40.5. The topological polar surface area (TPSA) is 126 Å². The first-order chi connectivity index (χ1) is 37.7. The maximum Gasteiger partial charge on any atom is 0.257 e. The van der Waals surface area contributed by atoms with Crippen LogP contribution in [0.2, 0.25) is 0 Å². The van der Waals surface area contributed by atoms with Crippen LogP contribution in [-0.4, -0.2) is 51.6 Å². The third-order valence-electron chi connectivity index (χ3n) is 14.2. The molecule has 0 saturated carbocycles. The summed E-state index contributed by atoms with van der Waals surface area (Å²) in [6.07, 6.45) is 0. The van der Waals surface area contributed by atoms with Gasteiger partial charge in [-0.1, -0.05) is 200 Å². The van der Waals surface area contributed by atoms with Gasteiger partial charge in [0, 0.05) is 67.5 Å². The zero-order chi connectivity index (χ0) is 50.1. The number of benzene rings is 9. The van der Waals surface area contributed by atoms with Gasteiger partial charge in [-0.15, -0.1) is 0 Å². The molecule has 0 atom stereocenters. The Hall–Kier alpha value is -10.5. The second-order valence-electron chi connectivity index (χ2n) is 18.6. The molecular weight excluding hydrogens is 936 g/mol. The van der Waals surface area contributed by atoms with Crippen LogP contribution in [-0.2, 0) is 0 Å². The van der Waals surface area contributed by atoms with Crippen LogP contribution >= 0.6 is 0 Å². The molecule has 0 aliphatic carbocycles. The standard InChI is InChI=1S/C63H39BN12/c1-7-22-40(23-8-1)55-65-56(41-24-9-2-10-25-41)69-61(68-55)74-46-34-19-36-48-52(46)64-53-47(74)35-20-37-49(53)76(63-72-59(44-30-15-5-16-31-44)67-60(73-63)45-32-17-6-18-33-45)51-39-21-38-50(54(51)64)75(48)62-70-57(42-26-11-3-12-27-42)66-58(71-62)43-28-13-4-14-29-43/h1-39H. The minimum absolute atomic E-state index is 0.274. The molecule has 0 amide bonds. The van der Waals surface area contributed by atoms with Crippen molar-refractivity contribution >= 4 is 75.1 Å². The van der Waals surface area contributed by atoms with Crippen LogP contribution in [0.25, 0.3) is 68.3 Å². The smallest absolute Gasteiger partial charge is 0.257 e. The number of hydrogen-bond donors (Lipinski definition) is 0. The molecule has 12 nitrogen and oxygen atoms in total. The fourth-order valence-electron chi connectivity index (χ4n) is 10.8. The van der Waals surface area contributed by atoms with E-state index in [0.717, 1.165) is 83.9 Å². The van der Waals surface area contributed by atoms with E-state index in [9.17, 15) is 0 Å². The van der Waals surface area contributed by atoms with Crippen molar-refractivity contribution in [2.45, 2.75) is 0 Å². The van der Waals surface area contributed by atoms with Crippen molar-refractivity contribution in [3.63, 3.8) is 0 Å². The lowest BCUT2D eigenvalue weighted by Crippen LogP contribution is -2.65. The first kappa shape index (κ1) is 43.1. The van der Waals surface area contributed by atoms with Crippen LogP contribution < -0.4 is 31.1 Å². The fourth-order valence-corrected chi connectivity index (χ4v) is 10.8. The van der Waals surface area contributed by atoms with Gasteiger partial charge in [0.15, 0.2) is 34.9 Å². The summed E-state index contributed by atoms with van der Waals surface area (Å²) in [6, 6.07) is 79.8. The highest BCUT2D eigenvalue weighted by atomic mass is 15.3. The summed E-state index contributed by atoms with van der Waals surface area (Å²) in [7, 11) is 0. The minimum atomic E-state index is -0.274. The Bertz CT molecular complexity index is 3520. The predicted octanol–water partition coefficient (Wildman–Crippen LogP) is 12.1. The molecule has 0 bridgehead atoms. The van der Waals surface area contributed by atoms with Crippen LogP contribution in [0, 0.1) is 0 Å². The van der Waals surface area contributed by atoms with E-state index in [-0.39, 0.29) is 6.71 Å². The molecule has 15 rings (SSSR count). The second kappa shape index (κ2) is 17.6. The molecule has 3 aromatic heterocycles. The Morgan fingerprint density at radius 3 is 0.566 bits per heavy atom. The summed E-state index contributed by atoms with van der Waals surface area (Å²) in [6.45, 7) is -0.274. The average molecular weight is 975 g/mol. The highest BCUT2D eigenvalue weighted by Crippen LogP contribution is 2.49. The third kappa shape index (κ3) is 7.05. The largest absolute Gasteiger partial charge is 0.280 e. The van der Waals surface area contributed by atoms with Gasteiger partial charge < -0.3 is 0 Å². The predicted molar refractivity (Wildman–Crippen MR) is 301 cm³/mol. The van der Waals surface area contributed by atoms with E-state index in [1.165, 1.54) is 0 Å². The van der Waals surface area contributed by atoms with Gasteiger partial charge in [0.1, 0.15) is 0 Å². The lowest BCUT2D eigenvalue weighted by atomic mass is 9.32. The molecule has 12 aromatic rings. The van der Waals surface area contributed by atoms with Crippen molar-refractivity contribution in [2.75, 3.05) is 14.7 Å². The lowest BCUT2D eigenvalue weighted by molar-refractivity contribution is 1.01. The lowest BCUT2D eigenvalue weighted by Gasteiger charge is -2.47. The average Bonchev–Trinajstić information content (AvgIpc) is 3.66. The molecule has 6 heterocycles. The molecular formula is C63H39BN12. The van der Waals surface area contributed by atoms with Crippen LogP contribution in [0.5, 0.6) is 0 Å². The monoisotopic (exact) mass is 974 g/mol. The molecule has 0 fully saturated rings. The molecule has 0 N–H and O–H groups in total. The van der Waals surface area contributed by atoms with Gasteiger partial charge in [0.2, 0.25) is 17.8 Å². The van der Waals surface area contributed by atoms with Crippen LogP contribution in [0.1, 0.15) is 0 Å². The second-order valence-corrected chi connectivity index (χ2v) is 18.6. The number of aromatic nitrogens is 9. The molecule has 354 valence electrons. The highest BCUT2D eigenvalue weighted by molar-refractivity contribution is 7.02. The summed E-state index contributed by atoms with van der Waals surface area (Å²) in [5.41, 5.74) is 13.8. The van der Waals surface area contributed by atoms with E-state index in [2.05, 4.69) is 69.3 Å². The van der Waals surface area contributed by atoms with Gasteiger partial charge in [-0.2, -0.15) is 29.9 Å². The third-order valence-corrected chi connectivity index (χ3v) is 14.2. The summed E-state index contributed by atoms with van der Waals surface area (Å²) >= 11 is 0. The van der Waals surface area contributed by atoms with Crippen molar-refractivity contribution in [3.8, 4) is 68.3 Å². The van der Waals surface area contributed by atoms with Gasteiger partial charge >= 0.3 is 0 Å². The van der Waals surface area contributed by atoms with Gasteiger partial charge in [-0.25, -0.2) is 15.0 Å². The SMILES string of the molecule is c1ccc(-c2nc(-c3ccccc3)nc(N3c4cccc5c4B4c6c3cccc6N(c3nc(-c6ccccc6)nc(-c6ccccc6)n3)c3cccc(c34)N5c3nc(-c4ccccc4)nc(-c4ccccc4)n3)n2)cc1. The summed E-state index contributed by atoms with van der Waals surface area (Å²) < 4.78 is 0. The molecule has 76 heavy (non-hydrogen) atoms. The van der Waals surface area contributed by atoms with Gasteiger partial charge in [0.25, 0.3) is 6.71 Å². The maximum atomic E-state index is 5.38. The molecule has 3 aliphatic rings.